The van der Waals surface area contributed by atoms with Crippen LogP contribution in [0.25, 0.3) is 0 Å². The first-order valence-corrected chi connectivity index (χ1v) is 8.15. The third kappa shape index (κ3) is 3.27. The van der Waals surface area contributed by atoms with Gasteiger partial charge in [-0.25, -0.2) is 4.68 Å². The number of rotatable bonds is 6. The molecule has 8 heteroatoms. The second-order valence-electron chi connectivity index (χ2n) is 5.54. The van der Waals surface area contributed by atoms with E-state index in [1.807, 2.05) is 19.1 Å². The minimum absolute atomic E-state index is 0.00461. The molecule has 0 saturated heterocycles. The molecule has 1 fully saturated rings. The number of aryl methyl sites for hydroxylation is 1. The van der Waals surface area contributed by atoms with Crippen LogP contribution in [0.3, 0.4) is 0 Å². The topological polar surface area (TPSA) is 90.2 Å². The Balaban J connectivity index is 1.53. The van der Waals surface area contributed by atoms with Crippen LogP contribution in [-0.2, 0) is 11.3 Å². The number of aromatic nitrogens is 3. The third-order valence-electron chi connectivity index (χ3n) is 3.57. The van der Waals surface area contributed by atoms with Crippen LogP contribution in [0.15, 0.2) is 21.7 Å². The van der Waals surface area contributed by atoms with E-state index in [-0.39, 0.29) is 11.7 Å². The molecule has 22 heavy (non-hydrogen) atoms. The first-order chi connectivity index (χ1) is 10.5. The molecule has 118 valence electrons. The highest BCUT2D eigenvalue weighted by molar-refractivity contribution is 7.99. The molecule has 0 spiro atoms. The Morgan fingerprint density at radius 3 is 2.91 bits per heavy atom. The molecule has 1 saturated carbocycles. The van der Waals surface area contributed by atoms with Crippen molar-refractivity contribution in [2.24, 2.45) is 0 Å². The zero-order chi connectivity index (χ0) is 15.7. The zero-order valence-corrected chi connectivity index (χ0v) is 13.5. The minimum Gasteiger partial charge on any atom is -0.464 e. The van der Waals surface area contributed by atoms with Crippen molar-refractivity contribution in [1.82, 2.24) is 19.8 Å². The van der Waals surface area contributed by atoms with Crippen molar-refractivity contribution >= 4 is 17.7 Å². The van der Waals surface area contributed by atoms with E-state index in [0.717, 1.165) is 30.2 Å². The van der Waals surface area contributed by atoms with Crippen LogP contribution in [0.2, 0.25) is 0 Å². The molecule has 2 aromatic rings. The Kier molecular flexibility index (Phi) is 4.10. The van der Waals surface area contributed by atoms with Crippen LogP contribution in [-0.4, -0.2) is 38.5 Å². The molecule has 2 N–H and O–H groups in total. The molecule has 3 rings (SSSR count). The van der Waals surface area contributed by atoms with Crippen molar-refractivity contribution in [2.45, 2.75) is 37.4 Å². The molecule has 0 aromatic carbocycles. The summed E-state index contributed by atoms with van der Waals surface area (Å²) in [6.07, 6.45) is 2.23. The minimum atomic E-state index is -0.00461. The van der Waals surface area contributed by atoms with Crippen LogP contribution in [0.1, 0.15) is 36.1 Å². The van der Waals surface area contributed by atoms with E-state index in [1.54, 1.807) is 11.9 Å². The molecule has 0 radical (unpaired) electrons. The highest BCUT2D eigenvalue weighted by atomic mass is 32.2. The molecule has 0 bridgehead atoms. The normalized spacial score (nSPS) is 14.3. The average Bonchev–Trinajstić information content (AvgIpc) is 3.15. The number of amides is 1. The standard InChI is InChI=1S/C14H19N5O2S/c1-9-3-6-11(21-9)7-18(2)12(20)8-22-14-17-16-13(19(14)15)10-4-5-10/h3,6,10H,4-5,7-8,15H2,1-2H3. The highest BCUT2D eigenvalue weighted by Gasteiger charge is 2.30. The van der Waals surface area contributed by atoms with E-state index in [4.69, 9.17) is 10.3 Å². The summed E-state index contributed by atoms with van der Waals surface area (Å²) in [4.78, 5) is 13.8. The summed E-state index contributed by atoms with van der Waals surface area (Å²) in [5.74, 6) is 9.10. The van der Waals surface area contributed by atoms with Gasteiger partial charge in [0.05, 0.1) is 12.3 Å². The monoisotopic (exact) mass is 321 g/mol. The zero-order valence-electron chi connectivity index (χ0n) is 12.7. The van der Waals surface area contributed by atoms with Gasteiger partial charge >= 0.3 is 0 Å². The largest absolute Gasteiger partial charge is 0.464 e. The van der Waals surface area contributed by atoms with Crippen molar-refractivity contribution < 1.29 is 9.21 Å². The smallest absolute Gasteiger partial charge is 0.233 e. The van der Waals surface area contributed by atoms with Crippen LogP contribution in [0.5, 0.6) is 0 Å². The summed E-state index contributed by atoms with van der Waals surface area (Å²) in [6.45, 7) is 2.34. The lowest BCUT2D eigenvalue weighted by atomic mass is 10.4. The quantitative estimate of drug-likeness (QED) is 0.641. The number of carbonyl (C=O) groups is 1. The van der Waals surface area contributed by atoms with E-state index in [0.29, 0.717) is 17.6 Å². The van der Waals surface area contributed by atoms with Gasteiger partial charge in [0.1, 0.15) is 11.5 Å². The maximum atomic E-state index is 12.2. The summed E-state index contributed by atoms with van der Waals surface area (Å²) in [5.41, 5.74) is 0. The van der Waals surface area contributed by atoms with E-state index >= 15 is 0 Å². The summed E-state index contributed by atoms with van der Waals surface area (Å²) in [7, 11) is 1.75. The van der Waals surface area contributed by atoms with Gasteiger partial charge in [-0.3, -0.25) is 4.79 Å². The summed E-state index contributed by atoms with van der Waals surface area (Å²) < 4.78 is 6.98. The van der Waals surface area contributed by atoms with Crippen molar-refractivity contribution in [3.05, 3.63) is 29.5 Å². The number of carbonyl (C=O) groups excluding carboxylic acids is 1. The van der Waals surface area contributed by atoms with Crippen LogP contribution < -0.4 is 5.84 Å². The van der Waals surface area contributed by atoms with Gasteiger partial charge in [0.25, 0.3) is 0 Å². The fourth-order valence-corrected chi connectivity index (χ4v) is 2.94. The fraction of sp³-hybridized carbons (Fsp3) is 0.500. The number of hydrogen-bond donors (Lipinski definition) is 1. The Bertz CT molecular complexity index is 677. The molecule has 0 aliphatic heterocycles. The molecule has 2 heterocycles. The van der Waals surface area contributed by atoms with E-state index in [2.05, 4.69) is 10.2 Å². The van der Waals surface area contributed by atoms with Gasteiger partial charge < -0.3 is 15.2 Å². The fourth-order valence-electron chi connectivity index (χ4n) is 2.14. The molecular weight excluding hydrogens is 302 g/mol. The molecule has 2 aromatic heterocycles. The molecular formula is C14H19N5O2S. The number of hydrogen-bond acceptors (Lipinski definition) is 6. The maximum Gasteiger partial charge on any atom is 0.233 e. The van der Waals surface area contributed by atoms with Gasteiger partial charge in [-0.15, -0.1) is 10.2 Å². The predicted octanol–water partition coefficient (Wildman–Crippen LogP) is 1.52. The van der Waals surface area contributed by atoms with Crippen molar-refractivity contribution in [2.75, 3.05) is 18.6 Å². The Morgan fingerprint density at radius 1 is 1.50 bits per heavy atom. The molecule has 1 aliphatic rings. The SMILES string of the molecule is Cc1ccc(CN(C)C(=O)CSc2nnc(C3CC3)n2N)o1. The number of thioether (sulfide) groups is 1. The number of furan rings is 1. The molecule has 7 nitrogen and oxygen atoms in total. The third-order valence-corrected chi connectivity index (χ3v) is 4.50. The Hall–Kier alpha value is -1.96. The number of nitrogen functional groups attached to an aromatic ring is 1. The van der Waals surface area contributed by atoms with E-state index in [1.165, 1.54) is 16.4 Å². The van der Waals surface area contributed by atoms with Gasteiger partial charge in [-0.05, 0) is 31.9 Å². The van der Waals surface area contributed by atoms with Crippen molar-refractivity contribution in [3.8, 4) is 0 Å². The van der Waals surface area contributed by atoms with Gasteiger partial charge in [0.15, 0.2) is 5.82 Å². The average molecular weight is 321 g/mol. The van der Waals surface area contributed by atoms with Crippen LogP contribution >= 0.6 is 11.8 Å². The molecule has 1 aliphatic carbocycles. The predicted molar refractivity (Wildman–Crippen MR) is 82.8 cm³/mol. The lowest BCUT2D eigenvalue weighted by molar-refractivity contribution is -0.127. The summed E-state index contributed by atoms with van der Waals surface area (Å²) >= 11 is 1.31. The van der Waals surface area contributed by atoms with Gasteiger partial charge in [0, 0.05) is 13.0 Å². The second-order valence-corrected chi connectivity index (χ2v) is 6.48. The molecule has 0 unspecified atom stereocenters. The first-order valence-electron chi connectivity index (χ1n) is 7.17. The second kappa shape index (κ2) is 6.04. The first kappa shape index (κ1) is 15.0. The van der Waals surface area contributed by atoms with E-state index in [9.17, 15) is 4.79 Å². The maximum absolute atomic E-state index is 12.2. The number of nitrogens with zero attached hydrogens (tertiary/aromatic N) is 4. The lowest BCUT2D eigenvalue weighted by Gasteiger charge is -2.15. The van der Waals surface area contributed by atoms with Crippen molar-refractivity contribution in [3.63, 3.8) is 0 Å². The summed E-state index contributed by atoms with van der Waals surface area (Å²) in [6, 6.07) is 3.77. The van der Waals surface area contributed by atoms with Gasteiger partial charge in [-0.2, -0.15) is 0 Å². The van der Waals surface area contributed by atoms with E-state index < -0.39 is 0 Å². The van der Waals surface area contributed by atoms with Gasteiger partial charge in [0.2, 0.25) is 11.1 Å². The Labute approximate surface area is 132 Å². The molecule has 1 amide bonds. The van der Waals surface area contributed by atoms with Crippen LogP contribution in [0.4, 0.5) is 0 Å². The summed E-state index contributed by atoms with van der Waals surface area (Å²) in [5, 5.41) is 8.74. The molecule has 0 atom stereocenters. The Morgan fingerprint density at radius 2 is 2.27 bits per heavy atom. The van der Waals surface area contributed by atoms with Gasteiger partial charge in [-0.1, -0.05) is 11.8 Å². The van der Waals surface area contributed by atoms with Crippen molar-refractivity contribution in [1.29, 1.82) is 0 Å². The number of nitrogens with two attached hydrogens (primary N) is 1. The van der Waals surface area contributed by atoms with Crippen LogP contribution in [0, 0.1) is 6.92 Å². The highest BCUT2D eigenvalue weighted by Crippen LogP contribution is 2.39. The lowest BCUT2D eigenvalue weighted by Crippen LogP contribution is -2.28.